The molecule has 176 valence electrons. The van der Waals surface area contributed by atoms with Crippen molar-refractivity contribution in [2.45, 2.75) is 24.8 Å². The Labute approximate surface area is 197 Å². The van der Waals surface area contributed by atoms with E-state index in [2.05, 4.69) is 20.2 Å². The van der Waals surface area contributed by atoms with E-state index in [1.165, 1.54) is 12.1 Å². The van der Waals surface area contributed by atoms with Gasteiger partial charge in [-0.2, -0.15) is 5.10 Å². The number of anilines is 2. The first-order chi connectivity index (χ1) is 16.3. The number of carbonyl (C=O) groups excluding carboxylic acids is 1. The minimum Gasteiger partial charge on any atom is -0.494 e. The van der Waals surface area contributed by atoms with E-state index in [4.69, 9.17) is 10.5 Å². The van der Waals surface area contributed by atoms with Gasteiger partial charge in [0, 0.05) is 11.1 Å². The molecule has 1 unspecified atom stereocenters. The fourth-order valence-corrected chi connectivity index (χ4v) is 4.57. The molecule has 0 saturated heterocycles. The lowest BCUT2D eigenvalue weighted by Gasteiger charge is -2.21. The molecule has 0 fully saturated rings. The Morgan fingerprint density at radius 3 is 2.62 bits per heavy atom. The fourth-order valence-electron chi connectivity index (χ4n) is 3.55. The molecule has 0 radical (unpaired) electrons. The number of aromatic amines is 1. The Bertz CT molecular complexity index is 1430. The van der Waals surface area contributed by atoms with E-state index >= 15 is 0 Å². The molecule has 1 aromatic heterocycles. The number of aromatic nitrogens is 2. The molecule has 4 aromatic rings. The van der Waals surface area contributed by atoms with E-state index < -0.39 is 22.0 Å². The quantitative estimate of drug-likeness (QED) is 0.303. The van der Waals surface area contributed by atoms with Crippen LogP contribution in [0.25, 0.3) is 10.9 Å². The normalized spacial score (nSPS) is 12.3. The molecule has 0 aliphatic rings. The van der Waals surface area contributed by atoms with Crippen LogP contribution in [-0.4, -0.2) is 31.1 Å². The summed E-state index contributed by atoms with van der Waals surface area (Å²) in [6.45, 7) is 4.22. The summed E-state index contributed by atoms with van der Waals surface area (Å²) in [5.74, 6) is 0.242. The standard InChI is InChI=1S/C24H25N5O4S/c1-3-33-21-13-16(10-9-15(21)2)22(24(30)29-34(31,32)18-7-5-4-6-8-18)26-17-11-12-19-20(14-17)27-28-23(19)25/h4-14,22,26H,3H2,1-2H3,(H,29,30)(H3,25,27,28). The number of H-pyrrole nitrogens is 1. The number of fused-ring (bicyclic) bond motifs is 1. The lowest BCUT2D eigenvalue weighted by atomic mass is 10.0. The third-order valence-corrected chi connectivity index (χ3v) is 6.66. The number of aryl methyl sites for hydroxylation is 1. The number of hydrogen-bond acceptors (Lipinski definition) is 7. The van der Waals surface area contributed by atoms with E-state index in [9.17, 15) is 13.2 Å². The number of hydrogen-bond donors (Lipinski definition) is 4. The number of nitrogen functional groups attached to an aromatic ring is 1. The molecule has 0 saturated carbocycles. The van der Waals surface area contributed by atoms with E-state index in [0.717, 1.165) is 10.9 Å². The van der Waals surface area contributed by atoms with Gasteiger partial charge < -0.3 is 15.8 Å². The second-order valence-electron chi connectivity index (χ2n) is 7.69. The first-order valence-corrected chi connectivity index (χ1v) is 12.1. The predicted molar refractivity (Wildman–Crippen MR) is 131 cm³/mol. The van der Waals surface area contributed by atoms with Crippen molar-refractivity contribution in [3.8, 4) is 5.75 Å². The van der Waals surface area contributed by atoms with Crippen molar-refractivity contribution in [1.82, 2.24) is 14.9 Å². The van der Waals surface area contributed by atoms with Gasteiger partial charge >= 0.3 is 0 Å². The molecular weight excluding hydrogens is 454 g/mol. The fraction of sp³-hybridized carbons (Fsp3) is 0.167. The highest BCUT2D eigenvalue weighted by molar-refractivity contribution is 7.90. The van der Waals surface area contributed by atoms with Crippen molar-refractivity contribution >= 4 is 38.3 Å². The number of amides is 1. The van der Waals surface area contributed by atoms with Crippen molar-refractivity contribution < 1.29 is 17.9 Å². The lowest BCUT2D eigenvalue weighted by Crippen LogP contribution is -2.37. The molecule has 4 rings (SSSR count). The maximum Gasteiger partial charge on any atom is 0.264 e. The Morgan fingerprint density at radius 2 is 1.88 bits per heavy atom. The van der Waals surface area contributed by atoms with Crippen LogP contribution in [0.2, 0.25) is 0 Å². The van der Waals surface area contributed by atoms with E-state index in [0.29, 0.717) is 34.9 Å². The average Bonchev–Trinajstić information content (AvgIpc) is 3.19. The largest absolute Gasteiger partial charge is 0.494 e. The van der Waals surface area contributed by atoms with Crippen molar-refractivity contribution in [2.75, 3.05) is 17.7 Å². The molecule has 0 aliphatic carbocycles. The van der Waals surface area contributed by atoms with Crippen LogP contribution >= 0.6 is 0 Å². The van der Waals surface area contributed by atoms with Gasteiger partial charge in [0.25, 0.3) is 15.9 Å². The first-order valence-electron chi connectivity index (χ1n) is 10.6. The van der Waals surface area contributed by atoms with Gasteiger partial charge in [-0.15, -0.1) is 0 Å². The first kappa shape index (κ1) is 23.1. The highest BCUT2D eigenvalue weighted by Crippen LogP contribution is 2.29. The number of rotatable bonds is 8. The molecule has 10 heteroatoms. The van der Waals surface area contributed by atoms with Gasteiger partial charge in [0.05, 0.1) is 17.0 Å². The Balaban J connectivity index is 1.71. The summed E-state index contributed by atoms with van der Waals surface area (Å²) >= 11 is 0. The molecule has 5 N–H and O–H groups in total. The van der Waals surface area contributed by atoms with Gasteiger partial charge in [-0.3, -0.25) is 9.89 Å². The summed E-state index contributed by atoms with van der Waals surface area (Å²) in [6.07, 6.45) is 0. The van der Waals surface area contributed by atoms with Gasteiger partial charge in [0.2, 0.25) is 0 Å². The highest BCUT2D eigenvalue weighted by atomic mass is 32.2. The predicted octanol–water partition coefficient (Wildman–Crippen LogP) is 3.51. The van der Waals surface area contributed by atoms with Crippen LogP contribution in [0, 0.1) is 6.92 Å². The molecule has 1 atom stereocenters. The zero-order valence-electron chi connectivity index (χ0n) is 18.7. The number of benzene rings is 3. The van der Waals surface area contributed by atoms with E-state index in [-0.39, 0.29) is 4.90 Å². The van der Waals surface area contributed by atoms with Crippen LogP contribution in [-0.2, 0) is 14.8 Å². The Kier molecular flexibility index (Phi) is 6.42. The van der Waals surface area contributed by atoms with E-state index in [1.807, 2.05) is 19.9 Å². The Hall–Kier alpha value is -4.05. The highest BCUT2D eigenvalue weighted by Gasteiger charge is 2.27. The smallest absolute Gasteiger partial charge is 0.264 e. The maximum absolute atomic E-state index is 13.3. The van der Waals surface area contributed by atoms with Crippen molar-refractivity contribution in [1.29, 1.82) is 0 Å². The monoisotopic (exact) mass is 479 g/mol. The summed E-state index contributed by atoms with van der Waals surface area (Å²) in [6, 6.07) is 17.3. The number of carbonyl (C=O) groups is 1. The SMILES string of the molecule is CCOc1cc(C(Nc2ccc3c(N)n[nH]c3c2)C(=O)NS(=O)(=O)c2ccccc2)ccc1C. The van der Waals surface area contributed by atoms with Crippen molar-refractivity contribution in [2.24, 2.45) is 0 Å². The van der Waals surface area contributed by atoms with Gasteiger partial charge in [-0.1, -0.05) is 30.3 Å². The topological polar surface area (TPSA) is 139 Å². The lowest BCUT2D eigenvalue weighted by molar-refractivity contribution is -0.120. The van der Waals surface area contributed by atoms with Gasteiger partial charge in [-0.25, -0.2) is 13.1 Å². The zero-order valence-corrected chi connectivity index (χ0v) is 19.5. The molecule has 1 heterocycles. The van der Waals surface area contributed by atoms with Gasteiger partial charge in [0.15, 0.2) is 5.82 Å². The second kappa shape index (κ2) is 9.44. The maximum atomic E-state index is 13.3. The van der Waals surface area contributed by atoms with Crippen LogP contribution in [0.15, 0.2) is 71.6 Å². The molecule has 34 heavy (non-hydrogen) atoms. The van der Waals surface area contributed by atoms with Crippen LogP contribution in [0.1, 0.15) is 24.1 Å². The summed E-state index contributed by atoms with van der Waals surface area (Å²) < 4.78 is 33.5. The molecular formula is C24H25N5O4S. The molecule has 1 amide bonds. The number of ether oxygens (including phenoxy) is 1. The van der Waals surface area contributed by atoms with Gasteiger partial charge in [-0.05, 0) is 61.4 Å². The molecule has 0 spiro atoms. The van der Waals surface area contributed by atoms with Crippen LogP contribution in [0.5, 0.6) is 5.75 Å². The van der Waals surface area contributed by atoms with Crippen molar-refractivity contribution in [3.63, 3.8) is 0 Å². The third-order valence-electron chi connectivity index (χ3n) is 5.30. The van der Waals surface area contributed by atoms with Gasteiger partial charge in [0.1, 0.15) is 11.8 Å². The molecule has 0 bridgehead atoms. The summed E-state index contributed by atoms with van der Waals surface area (Å²) in [7, 11) is -4.07. The number of sulfonamides is 1. The van der Waals surface area contributed by atoms with Crippen LogP contribution < -0.4 is 20.5 Å². The molecule has 0 aliphatic heterocycles. The molecule has 9 nitrogen and oxygen atoms in total. The minimum atomic E-state index is -4.07. The number of nitrogens with two attached hydrogens (primary N) is 1. The summed E-state index contributed by atoms with van der Waals surface area (Å²) in [4.78, 5) is 13.3. The third kappa shape index (κ3) is 4.81. The zero-order chi connectivity index (χ0) is 24.3. The molecule has 3 aromatic carbocycles. The Morgan fingerprint density at radius 1 is 1.12 bits per heavy atom. The summed E-state index contributed by atoms with van der Waals surface area (Å²) in [5.41, 5.74) is 8.54. The minimum absolute atomic E-state index is 0.00429. The second-order valence-corrected chi connectivity index (χ2v) is 9.37. The average molecular weight is 480 g/mol. The van der Waals surface area contributed by atoms with Crippen LogP contribution in [0.3, 0.4) is 0 Å². The summed E-state index contributed by atoms with van der Waals surface area (Å²) in [5, 5.41) is 10.7. The number of nitrogens with zero attached hydrogens (tertiary/aromatic N) is 1. The van der Waals surface area contributed by atoms with Crippen LogP contribution in [0.4, 0.5) is 11.5 Å². The van der Waals surface area contributed by atoms with E-state index in [1.54, 1.807) is 48.5 Å². The number of nitrogens with one attached hydrogen (secondary N) is 3. The van der Waals surface area contributed by atoms with Crippen molar-refractivity contribution in [3.05, 3.63) is 77.9 Å².